The fourth-order valence-corrected chi connectivity index (χ4v) is 1.85. The molecule has 0 spiro atoms. The zero-order valence-electron chi connectivity index (χ0n) is 8.41. The van der Waals surface area contributed by atoms with Crippen molar-refractivity contribution in [3.63, 3.8) is 0 Å². The molecule has 2 amide bonds. The predicted octanol–water partition coefficient (Wildman–Crippen LogP) is 0.0880. The summed E-state index contributed by atoms with van der Waals surface area (Å²) in [4.78, 5) is 23.9. The van der Waals surface area contributed by atoms with Gasteiger partial charge in [-0.05, 0) is 24.9 Å². The number of hydrogen-bond donors (Lipinski definition) is 1. The summed E-state index contributed by atoms with van der Waals surface area (Å²) < 4.78 is 0. The fourth-order valence-electron chi connectivity index (χ4n) is 1.36. The maximum absolute atomic E-state index is 11.3. The molecule has 0 saturated carbocycles. The number of hydrogen-bond acceptors (Lipinski definition) is 3. The van der Waals surface area contributed by atoms with Gasteiger partial charge in [0.05, 0.1) is 13.1 Å². The molecule has 0 unspecified atom stereocenters. The molecule has 5 heteroatoms. The van der Waals surface area contributed by atoms with Crippen LogP contribution in [0, 0.1) is 0 Å². The molecule has 0 aromatic rings. The van der Waals surface area contributed by atoms with Crippen molar-refractivity contribution >= 4 is 23.6 Å². The second-order valence-corrected chi connectivity index (χ2v) is 4.28. The zero-order valence-corrected chi connectivity index (χ0v) is 9.23. The second-order valence-electron chi connectivity index (χ2n) is 3.29. The van der Waals surface area contributed by atoms with E-state index < -0.39 is 0 Å². The number of carbonyl (C=O) groups is 2. The standard InChI is InChI=1S/C9H16N2O2S/c1-14-5-3-2-4-11-7-8(12)10-6-9(11)13/h2-7H2,1H3,(H,10,12). The first-order valence-corrected chi connectivity index (χ1v) is 6.17. The van der Waals surface area contributed by atoms with Crippen LogP contribution in [0.5, 0.6) is 0 Å². The quantitative estimate of drug-likeness (QED) is 0.663. The van der Waals surface area contributed by atoms with Crippen molar-refractivity contribution in [2.75, 3.05) is 31.6 Å². The normalized spacial score (nSPS) is 17.1. The second kappa shape index (κ2) is 5.90. The minimum atomic E-state index is -0.0468. The van der Waals surface area contributed by atoms with Crippen LogP contribution in [0.3, 0.4) is 0 Å². The minimum absolute atomic E-state index is 0.0359. The lowest BCUT2D eigenvalue weighted by Gasteiger charge is -2.26. The Balaban J connectivity index is 2.21. The third-order valence-electron chi connectivity index (χ3n) is 2.15. The molecule has 4 nitrogen and oxygen atoms in total. The van der Waals surface area contributed by atoms with E-state index in [1.54, 1.807) is 16.7 Å². The molecule has 0 radical (unpaired) electrons. The number of carbonyl (C=O) groups excluding carboxylic acids is 2. The van der Waals surface area contributed by atoms with E-state index in [2.05, 4.69) is 11.6 Å². The number of piperazine rings is 1. The highest BCUT2D eigenvalue weighted by atomic mass is 32.2. The zero-order chi connectivity index (χ0) is 10.4. The minimum Gasteiger partial charge on any atom is -0.345 e. The molecular weight excluding hydrogens is 200 g/mol. The van der Waals surface area contributed by atoms with E-state index in [0.717, 1.165) is 18.6 Å². The van der Waals surface area contributed by atoms with Crippen molar-refractivity contribution < 1.29 is 9.59 Å². The van der Waals surface area contributed by atoms with Crippen LogP contribution in [0.1, 0.15) is 12.8 Å². The van der Waals surface area contributed by atoms with Gasteiger partial charge in [0.1, 0.15) is 0 Å². The summed E-state index contributed by atoms with van der Waals surface area (Å²) in [5.74, 6) is 1.11. The number of thioether (sulfide) groups is 1. The van der Waals surface area contributed by atoms with Crippen LogP contribution in [0.25, 0.3) is 0 Å². The SMILES string of the molecule is CSCCCCN1CC(=O)NCC1=O. The largest absolute Gasteiger partial charge is 0.345 e. The van der Waals surface area contributed by atoms with Crippen molar-refractivity contribution in [2.45, 2.75) is 12.8 Å². The van der Waals surface area contributed by atoms with Crippen LogP contribution < -0.4 is 5.32 Å². The van der Waals surface area contributed by atoms with E-state index in [-0.39, 0.29) is 24.9 Å². The van der Waals surface area contributed by atoms with Gasteiger partial charge >= 0.3 is 0 Å². The third kappa shape index (κ3) is 3.57. The van der Waals surface area contributed by atoms with Gasteiger partial charge in [0.15, 0.2) is 0 Å². The molecule has 0 aromatic heterocycles. The molecule has 1 N–H and O–H groups in total. The number of amides is 2. The molecule has 1 aliphatic heterocycles. The lowest BCUT2D eigenvalue weighted by Crippen LogP contribution is -2.51. The first-order valence-electron chi connectivity index (χ1n) is 4.77. The van der Waals surface area contributed by atoms with E-state index in [4.69, 9.17) is 0 Å². The summed E-state index contributed by atoms with van der Waals surface area (Å²) in [6.07, 6.45) is 4.16. The van der Waals surface area contributed by atoms with Gasteiger partial charge in [0.2, 0.25) is 11.8 Å². The monoisotopic (exact) mass is 216 g/mol. The van der Waals surface area contributed by atoms with E-state index >= 15 is 0 Å². The molecule has 1 saturated heterocycles. The topological polar surface area (TPSA) is 49.4 Å². The molecule has 80 valence electrons. The Morgan fingerprint density at radius 2 is 2.21 bits per heavy atom. The van der Waals surface area contributed by atoms with Gasteiger partial charge in [0, 0.05) is 6.54 Å². The smallest absolute Gasteiger partial charge is 0.242 e. The Morgan fingerprint density at radius 3 is 2.93 bits per heavy atom. The average Bonchev–Trinajstić information content (AvgIpc) is 2.18. The lowest BCUT2D eigenvalue weighted by molar-refractivity contribution is -0.140. The van der Waals surface area contributed by atoms with E-state index in [1.807, 2.05) is 0 Å². The number of nitrogens with zero attached hydrogens (tertiary/aromatic N) is 1. The van der Waals surface area contributed by atoms with Gasteiger partial charge in [-0.15, -0.1) is 0 Å². The molecule has 1 rings (SSSR count). The van der Waals surface area contributed by atoms with Crippen LogP contribution >= 0.6 is 11.8 Å². The van der Waals surface area contributed by atoms with Crippen LogP contribution in [0.15, 0.2) is 0 Å². The number of unbranched alkanes of at least 4 members (excludes halogenated alkanes) is 1. The molecule has 1 aliphatic rings. The third-order valence-corrected chi connectivity index (χ3v) is 2.85. The maximum Gasteiger partial charge on any atom is 0.242 e. The maximum atomic E-state index is 11.3. The van der Waals surface area contributed by atoms with Crippen molar-refractivity contribution in [2.24, 2.45) is 0 Å². The Kier molecular flexibility index (Phi) is 4.79. The first-order chi connectivity index (χ1) is 6.74. The molecule has 0 aliphatic carbocycles. The first kappa shape index (κ1) is 11.4. The Morgan fingerprint density at radius 1 is 1.43 bits per heavy atom. The highest BCUT2D eigenvalue weighted by Crippen LogP contribution is 2.03. The molecular formula is C9H16N2O2S. The highest BCUT2D eigenvalue weighted by molar-refractivity contribution is 7.98. The summed E-state index contributed by atoms with van der Waals surface area (Å²) in [6, 6.07) is 0. The molecule has 1 fully saturated rings. The van der Waals surface area contributed by atoms with E-state index in [0.29, 0.717) is 6.54 Å². The summed E-state index contributed by atoms with van der Waals surface area (Å²) >= 11 is 1.81. The van der Waals surface area contributed by atoms with Crippen LogP contribution in [0.2, 0.25) is 0 Å². The predicted molar refractivity (Wildman–Crippen MR) is 57.2 cm³/mol. The molecule has 14 heavy (non-hydrogen) atoms. The summed E-state index contributed by atoms with van der Waals surface area (Å²) in [5.41, 5.74) is 0. The van der Waals surface area contributed by atoms with Gasteiger partial charge in [-0.1, -0.05) is 0 Å². The van der Waals surface area contributed by atoms with Crippen molar-refractivity contribution in [1.82, 2.24) is 10.2 Å². The van der Waals surface area contributed by atoms with Crippen LogP contribution in [0.4, 0.5) is 0 Å². The Hall–Kier alpha value is -0.710. The van der Waals surface area contributed by atoms with Gasteiger partial charge in [-0.25, -0.2) is 0 Å². The van der Waals surface area contributed by atoms with E-state index in [9.17, 15) is 9.59 Å². The van der Waals surface area contributed by atoms with Gasteiger partial charge < -0.3 is 10.2 Å². The van der Waals surface area contributed by atoms with Gasteiger partial charge in [-0.2, -0.15) is 11.8 Å². The molecule has 0 atom stereocenters. The van der Waals surface area contributed by atoms with Crippen molar-refractivity contribution in [3.05, 3.63) is 0 Å². The average molecular weight is 216 g/mol. The Labute approximate surface area is 88.4 Å². The lowest BCUT2D eigenvalue weighted by atomic mass is 10.2. The molecule has 1 heterocycles. The molecule has 0 bridgehead atoms. The number of nitrogens with one attached hydrogen (secondary N) is 1. The van der Waals surface area contributed by atoms with Crippen molar-refractivity contribution in [3.8, 4) is 0 Å². The highest BCUT2D eigenvalue weighted by Gasteiger charge is 2.21. The van der Waals surface area contributed by atoms with Crippen LogP contribution in [-0.4, -0.2) is 48.4 Å². The van der Waals surface area contributed by atoms with Gasteiger partial charge in [0.25, 0.3) is 0 Å². The fraction of sp³-hybridized carbons (Fsp3) is 0.778. The number of rotatable bonds is 5. The van der Waals surface area contributed by atoms with Crippen molar-refractivity contribution in [1.29, 1.82) is 0 Å². The molecule has 0 aromatic carbocycles. The van der Waals surface area contributed by atoms with Crippen LogP contribution in [-0.2, 0) is 9.59 Å². The summed E-state index contributed by atoms with van der Waals surface area (Å²) in [5, 5.41) is 2.53. The Bertz CT molecular complexity index is 221. The van der Waals surface area contributed by atoms with E-state index in [1.165, 1.54) is 0 Å². The van der Waals surface area contributed by atoms with Gasteiger partial charge in [-0.3, -0.25) is 9.59 Å². The summed E-state index contributed by atoms with van der Waals surface area (Å²) in [6.45, 7) is 1.12. The summed E-state index contributed by atoms with van der Waals surface area (Å²) in [7, 11) is 0.